The normalized spacial score (nSPS) is 8.40. The lowest BCUT2D eigenvalue weighted by atomic mass is 10.1. The fourth-order valence-corrected chi connectivity index (χ4v) is 1.42. The SMILES string of the molecule is CCCCCCCCCCCl.CO.CO. The van der Waals surface area contributed by atoms with Crippen LogP contribution in [0.1, 0.15) is 58.3 Å². The van der Waals surface area contributed by atoms with Crippen molar-refractivity contribution in [2.45, 2.75) is 58.3 Å². The summed E-state index contributed by atoms with van der Waals surface area (Å²) in [5.74, 6) is 0.842. The van der Waals surface area contributed by atoms with Crippen LogP contribution in [0.3, 0.4) is 0 Å². The molecule has 0 aliphatic heterocycles. The minimum absolute atomic E-state index is 0.842. The molecular formula is C12H29ClO2. The van der Waals surface area contributed by atoms with Crippen LogP contribution in [-0.4, -0.2) is 30.3 Å². The molecule has 96 valence electrons. The molecule has 0 rings (SSSR count). The Hall–Kier alpha value is 0.210. The number of aliphatic hydroxyl groups is 2. The highest BCUT2D eigenvalue weighted by Gasteiger charge is 1.89. The molecule has 0 aliphatic carbocycles. The fraction of sp³-hybridized carbons (Fsp3) is 1.00. The fourth-order valence-electron chi connectivity index (χ4n) is 1.23. The van der Waals surface area contributed by atoms with Gasteiger partial charge in [-0.2, -0.15) is 0 Å². The molecule has 0 amide bonds. The molecule has 0 unspecified atom stereocenters. The number of unbranched alkanes of at least 4 members (excludes halogenated alkanes) is 7. The molecule has 2 nitrogen and oxygen atoms in total. The minimum atomic E-state index is 0.842. The summed E-state index contributed by atoms with van der Waals surface area (Å²) in [4.78, 5) is 0. The van der Waals surface area contributed by atoms with Gasteiger partial charge in [0.1, 0.15) is 0 Å². The largest absolute Gasteiger partial charge is 0.400 e. The van der Waals surface area contributed by atoms with E-state index in [0.29, 0.717) is 0 Å². The molecule has 0 aromatic heterocycles. The van der Waals surface area contributed by atoms with Gasteiger partial charge in [0.25, 0.3) is 0 Å². The van der Waals surface area contributed by atoms with Crippen molar-refractivity contribution in [3.05, 3.63) is 0 Å². The second-order valence-corrected chi connectivity index (χ2v) is 3.54. The third-order valence-electron chi connectivity index (χ3n) is 1.99. The van der Waals surface area contributed by atoms with Gasteiger partial charge in [-0.05, 0) is 6.42 Å². The van der Waals surface area contributed by atoms with Gasteiger partial charge in [0.2, 0.25) is 0 Å². The van der Waals surface area contributed by atoms with Crippen LogP contribution in [0.25, 0.3) is 0 Å². The first-order valence-corrected chi connectivity index (χ1v) is 6.40. The molecule has 2 N–H and O–H groups in total. The second-order valence-electron chi connectivity index (χ2n) is 3.16. The zero-order valence-corrected chi connectivity index (χ0v) is 11.4. The van der Waals surface area contributed by atoms with Crippen molar-refractivity contribution in [1.82, 2.24) is 0 Å². The van der Waals surface area contributed by atoms with Crippen LogP contribution >= 0.6 is 11.6 Å². The third-order valence-corrected chi connectivity index (χ3v) is 2.25. The highest BCUT2D eigenvalue weighted by molar-refractivity contribution is 6.17. The van der Waals surface area contributed by atoms with E-state index in [4.69, 9.17) is 21.8 Å². The van der Waals surface area contributed by atoms with Crippen molar-refractivity contribution in [1.29, 1.82) is 0 Å². The molecule has 3 heteroatoms. The van der Waals surface area contributed by atoms with Crippen molar-refractivity contribution in [2.24, 2.45) is 0 Å². The molecule has 0 atom stereocenters. The lowest BCUT2D eigenvalue weighted by molar-refractivity contribution is 0.399. The number of hydrogen-bond donors (Lipinski definition) is 2. The van der Waals surface area contributed by atoms with Crippen LogP contribution in [0.2, 0.25) is 0 Å². The van der Waals surface area contributed by atoms with Gasteiger partial charge in [-0.15, -0.1) is 11.6 Å². The maximum atomic E-state index is 7.00. The smallest absolute Gasteiger partial charge is 0.0319 e. The number of hydrogen-bond acceptors (Lipinski definition) is 2. The van der Waals surface area contributed by atoms with Crippen LogP contribution in [0, 0.1) is 0 Å². The molecule has 0 heterocycles. The predicted octanol–water partition coefficient (Wildman–Crippen LogP) is 3.58. The molecule has 0 radical (unpaired) electrons. The van der Waals surface area contributed by atoms with Gasteiger partial charge in [0.05, 0.1) is 0 Å². The summed E-state index contributed by atoms with van der Waals surface area (Å²) in [6, 6.07) is 0. The van der Waals surface area contributed by atoms with Gasteiger partial charge in [-0.3, -0.25) is 0 Å². The predicted molar refractivity (Wildman–Crippen MR) is 69.6 cm³/mol. The number of aliphatic hydroxyl groups excluding tert-OH is 2. The average molecular weight is 241 g/mol. The van der Waals surface area contributed by atoms with Gasteiger partial charge < -0.3 is 10.2 Å². The monoisotopic (exact) mass is 240 g/mol. The maximum absolute atomic E-state index is 7.00. The van der Waals surface area contributed by atoms with Crippen molar-refractivity contribution in [3.63, 3.8) is 0 Å². The average Bonchev–Trinajstić information content (AvgIpc) is 2.33. The quantitative estimate of drug-likeness (QED) is 0.503. The van der Waals surface area contributed by atoms with E-state index in [2.05, 4.69) is 6.92 Å². The Balaban J connectivity index is -0.000000318. The van der Waals surface area contributed by atoms with Crippen LogP contribution in [-0.2, 0) is 0 Å². The van der Waals surface area contributed by atoms with Gasteiger partial charge >= 0.3 is 0 Å². The molecular weight excluding hydrogens is 212 g/mol. The van der Waals surface area contributed by atoms with Crippen molar-refractivity contribution >= 4 is 11.6 Å². The lowest BCUT2D eigenvalue weighted by Crippen LogP contribution is -1.80. The van der Waals surface area contributed by atoms with E-state index in [-0.39, 0.29) is 0 Å². The minimum Gasteiger partial charge on any atom is -0.400 e. The number of rotatable bonds is 8. The summed E-state index contributed by atoms with van der Waals surface area (Å²) in [6.45, 7) is 2.26. The van der Waals surface area contributed by atoms with E-state index >= 15 is 0 Å². The summed E-state index contributed by atoms with van der Waals surface area (Å²) < 4.78 is 0. The Morgan fingerprint density at radius 2 is 1.00 bits per heavy atom. The summed E-state index contributed by atoms with van der Waals surface area (Å²) in [5, 5.41) is 14.0. The van der Waals surface area contributed by atoms with Gasteiger partial charge in [-0.1, -0.05) is 51.9 Å². The van der Waals surface area contributed by atoms with E-state index in [0.717, 1.165) is 20.1 Å². The highest BCUT2D eigenvalue weighted by atomic mass is 35.5. The maximum Gasteiger partial charge on any atom is 0.0319 e. The molecule has 0 saturated carbocycles. The number of alkyl halides is 1. The van der Waals surface area contributed by atoms with Gasteiger partial charge in [0.15, 0.2) is 0 Å². The van der Waals surface area contributed by atoms with Crippen LogP contribution in [0.5, 0.6) is 0 Å². The topological polar surface area (TPSA) is 40.5 Å². The molecule has 0 aromatic carbocycles. The Morgan fingerprint density at radius 3 is 1.33 bits per heavy atom. The van der Waals surface area contributed by atoms with Crippen molar-refractivity contribution in [2.75, 3.05) is 20.1 Å². The van der Waals surface area contributed by atoms with Crippen LogP contribution < -0.4 is 0 Å². The molecule has 0 bridgehead atoms. The van der Waals surface area contributed by atoms with E-state index in [1.54, 1.807) is 0 Å². The van der Waals surface area contributed by atoms with Crippen LogP contribution in [0.15, 0.2) is 0 Å². The molecule has 15 heavy (non-hydrogen) atoms. The lowest BCUT2D eigenvalue weighted by Gasteiger charge is -1.98. The molecule has 0 fully saturated rings. The van der Waals surface area contributed by atoms with E-state index in [1.165, 1.54) is 51.4 Å². The summed E-state index contributed by atoms with van der Waals surface area (Å²) in [5.41, 5.74) is 0. The van der Waals surface area contributed by atoms with Gasteiger partial charge in [0, 0.05) is 20.1 Å². The Morgan fingerprint density at radius 1 is 0.667 bits per heavy atom. The Kier molecular flexibility index (Phi) is 40.1. The van der Waals surface area contributed by atoms with E-state index < -0.39 is 0 Å². The first-order chi connectivity index (χ1) is 7.41. The Labute approximate surface area is 101 Å². The molecule has 0 saturated heterocycles. The number of halogens is 1. The van der Waals surface area contributed by atoms with Crippen LogP contribution in [0.4, 0.5) is 0 Å². The standard InChI is InChI=1S/C10H21Cl.2CH4O/c1-2-3-4-5-6-7-8-9-10-11;2*1-2/h2-10H2,1H3;2*2H,1H3. The second kappa shape index (κ2) is 29.2. The Bertz CT molecular complexity index is 62.6. The van der Waals surface area contributed by atoms with Crippen molar-refractivity contribution < 1.29 is 10.2 Å². The molecule has 0 spiro atoms. The van der Waals surface area contributed by atoms with E-state index in [9.17, 15) is 0 Å². The highest BCUT2D eigenvalue weighted by Crippen LogP contribution is 2.08. The summed E-state index contributed by atoms with van der Waals surface area (Å²) >= 11 is 5.56. The third kappa shape index (κ3) is 31.4. The van der Waals surface area contributed by atoms with E-state index in [1.807, 2.05) is 0 Å². The molecule has 0 aromatic rings. The van der Waals surface area contributed by atoms with Gasteiger partial charge in [-0.25, -0.2) is 0 Å². The van der Waals surface area contributed by atoms with Crippen molar-refractivity contribution in [3.8, 4) is 0 Å². The first-order valence-electron chi connectivity index (χ1n) is 5.87. The summed E-state index contributed by atoms with van der Waals surface area (Å²) in [7, 11) is 2.00. The molecule has 0 aliphatic rings. The first kappa shape index (κ1) is 20.6. The summed E-state index contributed by atoms with van der Waals surface area (Å²) in [6.07, 6.45) is 10.9. The zero-order chi connectivity index (χ0) is 12.4. The zero-order valence-electron chi connectivity index (χ0n) is 10.6.